The molecule has 0 aliphatic carbocycles. The third kappa shape index (κ3) is 6.48. The molecule has 0 N–H and O–H groups in total. The number of rotatable bonds is 10. The Morgan fingerprint density at radius 3 is 2.38 bits per heavy atom. The Bertz CT molecular complexity index is 186. The van der Waals surface area contributed by atoms with Gasteiger partial charge in [0.1, 0.15) is 0 Å². The van der Waals surface area contributed by atoms with Gasteiger partial charge in [-0.15, -0.1) is 21.1 Å². The second kappa shape index (κ2) is 10.1. The van der Waals surface area contributed by atoms with Crippen molar-refractivity contribution in [2.75, 3.05) is 19.0 Å². The Morgan fingerprint density at radius 2 is 1.94 bits per heavy atom. The minimum atomic E-state index is 0.237. The van der Waals surface area contributed by atoms with Crippen LogP contribution in [-0.2, 0) is 0 Å². The maximum atomic E-state index is 3.98. The van der Waals surface area contributed by atoms with Gasteiger partial charge in [-0.2, -0.15) is 0 Å². The highest BCUT2D eigenvalue weighted by Gasteiger charge is 2.18. The zero-order chi connectivity index (χ0) is 12.4. The second-order valence-electron chi connectivity index (χ2n) is 4.71. The van der Waals surface area contributed by atoms with E-state index in [2.05, 4.69) is 39.7 Å². The summed E-state index contributed by atoms with van der Waals surface area (Å²) in [5.74, 6) is 1.47. The molecule has 0 rings (SSSR count). The fraction of sp³-hybridized carbons (Fsp3) is 0.733. The molecule has 0 aromatic carbocycles. The average molecular weight is 240 g/mol. The molecule has 3 unspecified atom stereocenters. The summed E-state index contributed by atoms with van der Waals surface area (Å²) in [6.45, 7) is 14.9. The van der Waals surface area contributed by atoms with Crippen LogP contribution in [-0.4, -0.2) is 19.0 Å². The molecule has 0 fully saturated rings. The first-order valence-electron chi connectivity index (χ1n) is 6.61. The zero-order valence-electron chi connectivity index (χ0n) is 11.4. The van der Waals surface area contributed by atoms with Crippen LogP contribution in [0.5, 0.6) is 0 Å². The lowest BCUT2D eigenvalue weighted by molar-refractivity contribution is 0.426. The molecule has 0 aromatic heterocycles. The molecule has 0 saturated carbocycles. The van der Waals surface area contributed by atoms with Crippen molar-refractivity contribution < 1.29 is 0 Å². The molecule has 0 aliphatic heterocycles. The van der Waals surface area contributed by atoms with Crippen LogP contribution in [0.25, 0.3) is 0 Å². The van der Waals surface area contributed by atoms with E-state index in [1.165, 1.54) is 31.6 Å². The summed E-state index contributed by atoms with van der Waals surface area (Å²) >= 11 is 0. The molecule has 3 atom stereocenters. The van der Waals surface area contributed by atoms with Gasteiger partial charge in [-0.1, -0.05) is 38.8 Å². The van der Waals surface area contributed by atoms with Crippen LogP contribution < -0.4 is 0 Å². The van der Waals surface area contributed by atoms with E-state index in [-0.39, 0.29) is 7.92 Å². The molecule has 0 saturated heterocycles. The van der Waals surface area contributed by atoms with Gasteiger partial charge in [0, 0.05) is 0 Å². The van der Waals surface area contributed by atoms with E-state index in [0.29, 0.717) is 5.92 Å². The first kappa shape index (κ1) is 15.9. The van der Waals surface area contributed by atoms with Crippen LogP contribution >= 0.6 is 7.92 Å². The number of unbranched alkanes of at least 4 members (excludes halogenated alkanes) is 1. The van der Waals surface area contributed by atoms with E-state index in [4.69, 9.17) is 0 Å². The summed E-state index contributed by atoms with van der Waals surface area (Å²) in [7, 11) is 0.237. The third-order valence-corrected chi connectivity index (χ3v) is 5.48. The molecule has 0 aromatic rings. The van der Waals surface area contributed by atoms with E-state index < -0.39 is 0 Å². The lowest BCUT2D eigenvalue weighted by atomic mass is 9.89. The van der Waals surface area contributed by atoms with E-state index in [1.54, 1.807) is 0 Å². The molecular weight excluding hydrogens is 211 g/mol. The third-order valence-electron chi connectivity index (χ3n) is 3.31. The predicted molar refractivity (Wildman–Crippen MR) is 79.8 cm³/mol. The molecule has 0 heterocycles. The van der Waals surface area contributed by atoms with Gasteiger partial charge in [0.25, 0.3) is 0 Å². The van der Waals surface area contributed by atoms with Crippen LogP contribution in [0, 0.1) is 11.8 Å². The first-order chi connectivity index (χ1) is 7.69. The van der Waals surface area contributed by atoms with Gasteiger partial charge in [-0.05, 0) is 43.7 Å². The van der Waals surface area contributed by atoms with Gasteiger partial charge in [-0.3, -0.25) is 0 Å². The molecule has 0 spiro atoms. The van der Waals surface area contributed by atoms with Crippen molar-refractivity contribution in [1.29, 1.82) is 0 Å². The second-order valence-corrected chi connectivity index (χ2v) is 7.23. The molecule has 0 nitrogen and oxygen atoms in total. The van der Waals surface area contributed by atoms with E-state index in [9.17, 15) is 0 Å². The number of allylic oxidation sites excluding steroid dienone is 2. The number of hydrogen-bond acceptors (Lipinski definition) is 0. The quantitative estimate of drug-likeness (QED) is 0.359. The van der Waals surface area contributed by atoms with Gasteiger partial charge in [0.05, 0.1) is 0 Å². The van der Waals surface area contributed by atoms with Gasteiger partial charge in [-0.25, -0.2) is 0 Å². The van der Waals surface area contributed by atoms with Gasteiger partial charge in [0.15, 0.2) is 0 Å². The van der Waals surface area contributed by atoms with Gasteiger partial charge >= 0.3 is 0 Å². The van der Waals surface area contributed by atoms with Gasteiger partial charge < -0.3 is 0 Å². The molecule has 0 bridgehead atoms. The summed E-state index contributed by atoms with van der Waals surface area (Å²) in [4.78, 5) is 0. The Labute approximate surface area is 104 Å². The van der Waals surface area contributed by atoms with Crippen LogP contribution in [0.3, 0.4) is 0 Å². The Hall–Kier alpha value is -0.0900. The van der Waals surface area contributed by atoms with Crippen molar-refractivity contribution in [1.82, 2.24) is 0 Å². The summed E-state index contributed by atoms with van der Waals surface area (Å²) < 4.78 is 0. The minimum absolute atomic E-state index is 0.237. The van der Waals surface area contributed by atoms with Crippen LogP contribution in [0.2, 0.25) is 0 Å². The summed E-state index contributed by atoms with van der Waals surface area (Å²) in [6, 6.07) is 0. The molecule has 16 heavy (non-hydrogen) atoms. The number of hydrogen-bond donors (Lipinski definition) is 0. The Morgan fingerprint density at radius 1 is 1.25 bits per heavy atom. The topological polar surface area (TPSA) is 0 Å². The van der Waals surface area contributed by atoms with Crippen molar-refractivity contribution in [3.05, 3.63) is 25.3 Å². The Kier molecular flexibility index (Phi) is 10.0. The lowest BCUT2D eigenvalue weighted by Crippen LogP contribution is -2.15. The highest BCUT2D eigenvalue weighted by atomic mass is 31.1. The van der Waals surface area contributed by atoms with Crippen molar-refractivity contribution in [3.63, 3.8) is 0 Å². The van der Waals surface area contributed by atoms with Crippen molar-refractivity contribution in [2.45, 2.75) is 39.5 Å². The van der Waals surface area contributed by atoms with Crippen molar-refractivity contribution >= 4 is 7.92 Å². The first-order valence-corrected chi connectivity index (χ1v) is 8.77. The molecule has 94 valence electrons. The highest BCUT2D eigenvalue weighted by Crippen LogP contribution is 2.38. The van der Waals surface area contributed by atoms with Crippen LogP contribution in [0.15, 0.2) is 25.3 Å². The van der Waals surface area contributed by atoms with Crippen molar-refractivity contribution in [2.24, 2.45) is 11.8 Å². The van der Waals surface area contributed by atoms with Crippen LogP contribution in [0.1, 0.15) is 39.5 Å². The van der Waals surface area contributed by atoms with E-state index >= 15 is 0 Å². The van der Waals surface area contributed by atoms with Crippen LogP contribution in [0.4, 0.5) is 0 Å². The smallest absolute Gasteiger partial charge is 0.0170 e. The SMILES string of the molecule is C=CCC(C=C)C(CC)CP(C)CCCC. The Balaban J connectivity index is 4.14. The summed E-state index contributed by atoms with van der Waals surface area (Å²) in [5, 5.41) is 0. The average Bonchev–Trinajstić information content (AvgIpc) is 2.30. The zero-order valence-corrected chi connectivity index (χ0v) is 12.3. The van der Waals surface area contributed by atoms with Crippen molar-refractivity contribution in [3.8, 4) is 0 Å². The molecular formula is C15H29P. The fourth-order valence-corrected chi connectivity index (χ4v) is 4.53. The monoisotopic (exact) mass is 240 g/mol. The summed E-state index contributed by atoms with van der Waals surface area (Å²) in [5.41, 5.74) is 0. The molecule has 0 radical (unpaired) electrons. The molecule has 0 amide bonds. The molecule has 1 heteroatoms. The summed E-state index contributed by atoms with van der Waals surface area (Å²) in [6.07, 6.45) is 12.1. The largest absolute Gasteiger partial charge is 0.110 e. The van der Waals surface area contributed by atoms with E-state index in [1.807, 2.05) is 6.08 Å². The standard InChI is InChI=1S/C15H29P/c1-6-10-12-16(5)13-15(9-4)14(8-3)11-7-2/h7-8,14-15H,2-3,6,9-13H2,1,4-5H3. The van der Waals surface area contributed by atoms with E-state index in [0.717, 1.165) is 12.3 Å². The normalized spacial score (nSPS) is 16.4. The highest BCUT2D eigenvalue weighted by molar-refractivity contribution is 7.56. The maximum Gasteiger partial charge on any atom is -0.0170 e. The molecule has 0 aliphatic rings. The predicted octanol–water partition coefficient (Wildman–Crippen LogP) is 5.30. The lowest BCUT2D eigenvalue weighted by Gasteiger charge is -2.25. The minimum Gasteiger partial charge on any atom is -0.110 e. The maximum absolute atomic E-state index is 3.98. The van der Waals surface area contributed by atoms with Gasteiger partial charge in [0.2, 0.25) is 0 Å². The fourth-order valence-electron chi connectivity index (χ4n) is 2.16.